The van der Waals surface area contributed by atoms with Crippen molar-refractivity contribution < 1.29 is 14.6 Å². The van der Waals surface area contributed by atoms with Crippen molar-refractivity contribution in [3.05, 3.63) is 15.8 Å². The summed E-state index contributed by atoms with van der Waals surface area (Å²) in [5.74, 6) is -0.405. The lowest BCUT2D eigenvalue weighted by Gasteiger charge is -2.18. The minimum atomic E-state index is -0.911. The van der Waals surface area contributed by atoms with Gasteiger partial charge in [-0.1, -0.05) is 41.5 Å². The number of aromatic carboxylic acids is 1. The Hall–Kier alpha value is -1.03. The van der Waals surface area contributed by atoms with Gasteiger partial charge in [0.1, 0.15) is 5.75 Å². The lowest BCUT2D eigenvalue weighted by Crippen LogP contribution is -2.11. The molecule has 0 aliphatic heterocycles. The standard InChI is InChI=1S/C15H24O3S/c1-14(2,3)7-8-18-10-9-11(15(4,5)6)19-12(10)13(16)17/h9H,7-8H2,1-6H3,(H,16,17). The minimum Gasteiger partial charge on any atom is -0.492 e. The summed E-state index contributed by atoms with van der Waals surface area (Å²) in [4.78, 5) is 12.6. The van der Waals surface area contributed by atoms with Crippen molar-refractivity contribution in [3.8, 4) is 5.75 Å². The first kappa shape index (κ1) is 16.0. The van der Waals surface area contributed by atoms with Gasteiger partial charge in [0.25, 0.3) is 0 Å². The molecule has 1 heterocycles. The van der Waals surface area contributed by atoms with Crippen LogP contribution in [0, 0.1) is 5.41 Å². The van der Waals surface area contributed by atoms with E-state index >= 15 is 0 Å². The number of rotatable bonds is 4. The van der Waals surface area contributed by atoms with E-state index in [-0.39, 0.29) is 10.8 Å². The van der Waals surface area contributed by atoms with Crippen LogP contribution < -0.4 is 4.74 Å². The average Bonchev–Trinajstić information content (AvgIpc) is 2.59. The fraction of sp³-hybridized carbons (Fsp3) is 0.667. The molecule has 1 rings (SSSR count). The fourth-order valence-electron chi connectivity index (χ4n) is 1.47. The van der Waals surface area contributed by atoms with E-state index in [1.807, 2.05) is 6.07 Å². The van der Waals surface area contributed by atoms with E-state index in [9.17, 15) is 9.90 Å². The van der Waals surface area contributed by atoms with Crippen LogP contribution in [0.15, 0.2) is 6.07 Å². The highest BCUT2D eigenvalue weighted by molar-refractivity contribution is 7.14. The van der Waals surface area contributed by atoms with E-state index in [0.29, 0.717) is 17.2 Å². The Morgan fingerprint density at radius 3 is 2.26 bits per heavy atom. The first-order chi connectivity index (χ1) is 8.50. The third-order valence-electron chi connectivity index (χ3n) is 2.74. The molecule has 19 heavy (non-hydrogen) atoms. The molecule has 0 spiro atoms. The van der Waals surface area contributed by atoms with Gasteiger partial charge < -0.3 is 9.84 Å². The molecule has 0 bridgehead atoms. The van der Waals surface area contributed by atoms with Crippen LogP contribution in [0.1, 0.15) is 62.5 Å². The summed E-state index contributed by atoms with van der Waals surface area (Å²) in [7, 11) is 0. The van der Waals surface area contributed by atoms with Gasteiger partial charge >= 0.3 is 5.97 Å². The molecule has 3 nitrogen and oxygen atoms in total. The number of carboxylic acid groups (broad SMARTS) is 1. The van der Waals surface area contributed by atoms with Gasteiger partial charge in [0.05, 0.1) is 6.61 Å². The summed E-state index contributed by atoms with van der Waals surface area (Å²) in [6.45, 7) is 13.2. The second-order valence-corrected chi connectivity index (χ2v) is 8.07. The van der Waals surface area contributed by atoms with E-state index in [0.717, 1.165) is 11.3 Å². The molecule has 0 aliphatic carbocycles. The molecule has 0 unspecified atom stereocenters. The molecule has 108 valence electrons. The molecule has 0 saturated heterocycles. The number of carboxylic acids is 1. The van der Waals surface area contributed by atoms with Crippen molar-refractivity contribution in [1.29, 1.82) is 0 Å². The van der Waals surface area contributed by atoms with Gasteiger partial charge in [-0.3, -0.25) is 0 Å². The Bertz CT molecular complexity index is 447. The maximum absolute atomic E-state index is 11.3. The highest BCUT2D eigenvalue weighted by Gasteiger charge is 2.24. The Labute approximate surface area is 119 Å². The Kier molecular flexibility index (Phi) is 4.67. The maximum Gasteiger partial charge on any atom is 0.349 e. The third-order valence-corrected chi connectivity index (χ3v) is 4.27. The molecular formula is C15H24O3S. The monoisotopic (exact) mass is 284 g/mol. The van der Waals surface area contributed by atoms with Gasteiger partial charge in [-0.15, -0.1) is 11.3 Å². The summed E-state index contributed by atoms with van der Waals surface area (Å²) < 4.78 is 5.68. The van der Waals surface area contributed by atoms with Gasteiger partial charge in [-0.2, -0.15) is 0 Å². The normalized spacial score (nSPS) is 12.5. The van der Waals surface area contributed by atoms with Gasteiger partial charge in [0.15, 0.2) is 4.88 Å². The van der Waals surface area contributed by atoms with Crippen molar-refractivity contribution >= 4 is 17.3 Å². The van der Waals surface area contributed by atoms with Gasteiger partial charge in [0, 0.05) is 4.88 Å². The van der Waals surface area contributed by atoms with E-state index in [4.69, 9.17) is 4.74 Å². The van der Waals surface area contributed by atoms with Gasteiger partial charge in [-0.05, 0) is 23.3 Å². The van der Waals surface area contributed by atoms with E-state index in [1.165, 1.54) is 11.3 Å². The van der Waals surface area contributed by atoms with Crippen LogP contribution in [0.25, 0.3) is 0 Å². The molecule has 0 amide bonds. The molecule has 0 radical (unpaired) electrons. The first-order valence-corrected chi connectivity index (χ1v) is 7.33. The molecule has 1 aromatic rings. The quantitative estimate of drug-likeness (QED) is 0.881. The number of carbonyl (C=O) groups is 1. The average molecular weight is 284 g/mol. The lowest BCUT2D eigenvalue weighted by atomic mass is 9.93. The summed E-state index contributed by atoms with van der Waals surface area (Å²) in [5.41, 5.74) is 0.132. The van der Waals surface area contributed by atoms with Crippen molar-refractivity contribution in [2.75, 3.05) is 6.61 Å². The largest absolute Gasteiger partial charge is 0.492 e. The SMILES string of the molecule is CC(C)(C)CCOc1cc(C(C)(C)C)sc1C(=O)O. The second kappa shape index (κ2) is 5.53. The smallest absolute Gasteiger partial charge is 0.349 e. The highest BCUT2D eigenvalue weighted by Crippen LogP contribution is 2.37. The van der Waals surface area contributed by atoms with Crippen LogP contribution in [-0.4, -0.2) is 17.7 Å². The fourth-order valence-corrected chi connectivity index (χ4v) is 2.47. The number of hydrogen-bond acceptors (Lipinski definition) is 3. The zero-order valence-corrected chi connectivity index (χ0v) is 13.5. The maximum atomic E-state index is 11.3. The number of thiophene rings is 1. The zero-order chi connectivity index (χ0) is 14.8. The van der Waals surface area contributed by atoms with Crippen molar-refractivity contribution in [3.63, 3.8) is 0 Å². The predicted octanol–water partition coefficient (Wildman–Crippen LogP) is 4.56. The molecule has 4 heteroatoms. The molecule has 0 fully saturated rings. The molecule has 0 atom stereocenters. The van der Waals surface area contributed by atoms with E-state index < -0.39 is 5.97 Å². The predicted molar refractivity (Wildman–Crippen MR) is 79.5 cm³/mol. The Morgan fingerprint density at radius 2 is 1.84 bits per heavy atom. The Morgan fingerprint density at radius 1 is 1.26 bits per heavy atom. The summed E-state index contributed by atoms with van der Waals surface area (Å²) in [5, 5.41) is 9.23. The van der Waals surface area contributed by atoms with Crippen LogP contribution in [0.4, 0.5) is 0 Å². The third kappa shape index (κ3) is 4.86. The van der Waals surface area contributed by atoms with Gasteiger partial charge in [-0.25, -0.2) is 4.79 Å². The molecule has 0 aromatic carbocycles. The molecule has 0 aliphatic rings. The summed E-state index contributed by atoms with van der Waals surface area (Å²) in [6, 6.07) is 1.87. The van der Waals surface area contributed by atoms with Crippen LogP contribution >= 0.6 is 11.3 Å². The van der Waals surface area contributed by atoms with Gasteiger partial charge in [0.2, 0.25) is 0 Å². The first-order valence-electron chi connectivity index (χ1n) is 6.51. The van der Waals surface area contributed by atoms with E-state index in [1.54, 1.807) is 0 Å². The van der Waals surface area contributed by atoms with Crippen LogP contribution in [0.3, 0.4) is 0 Å². The van der Waals surface area contributed by atoms with Crippen LogP contribution in [0.5, 0.6) is 5.75 Å². The second-order valence-electron chi connectivity index (χ2n) is 7.02. The van der Waals surface area contributed by atoms with Crippen molar-refractivity contribution in [1.82, 2.24) is 0 Å². The molecule has 1 aromatic heterocycles. The van der Waals surface area contributed by atoms with Crippen molar-refractivity contribution in [2.45, 2.75) is 53.4 Å². The number of ether oxygens (including phenoxy) is 1. The summed E-state index contributed by atoms with van der Waals surface area (Å²) >= 11 is 1.31. The lowest BCUT2D eigenvalue weighted by molar-refractivity contribution is 0.0697. The van der Waals surface area contributed by atoms with Crippen LogP contribution in [0.2, 0.25) is 0 Å². The van der Waals surface area contributed by atoms with E-state index in [2.05, 4.69) is 41.5 Å². The van der Waals surface area contributed by atoms with Crippen LogP contribution in [-0.2, 0) is 5.41 Å². The topological polar surface area (TPSA) is 46.5 Å². The molecule has 0 saturated carbocycles. The summed E-state index contributed by atoms with van der Waals surface area (Å²) in [6.07, 6.45) is 0.896. The highest BCUT2D eigenvalue weighted by atomic mass is 32.1. The molecular weight excluding hydrogens is 260 g/mol. The number of hydrogen-bond donors (Lipinski definition) is 1. The van der Waals surface area contributed by atoms with Crippen molar-refractivity contribution in [2.24, 2.45) is 5.41 Å². The zero-order valence-electron chi connectivity index (χ0n) is 12.7. The minimum absolute atomic E-state index is 0.0551. The Balaban J connectivity index is 2.87. The molecule has 1 N–H and O–H groups in total.